The maximum absolute atomic E-state index is 12.8. The molecule has 27 heavy (non-hydrogen) atoms. The topological polar surface area (TPSA) is 68.0 Å². The number of anilines is 2. The lowest BCUT2D eigenvalue weighted by atomic mass is 10.1. The Balaban J connectivity index is 1.70. The van der Waals surface area contributed by atoms with Gasteiger partial charge in [-0.15, -0.1) is 11.3 Å². The maximum atomic E-state index is 12.8. The van der Waals surface area contributed by atoms with Gasteiger partial charge in [0.1, 0.15) is 9.71 Å². The van der Waals surface area contributed by atoms with Crippen molar-refractivity contribution in [2.75, 3.05) is 11.1 Å². The molecule has 0 unspecified atom stereocenters. The number of rotatable bonds is 2. The molecule has 2 aromatic heterocycles. The molecule has 0 saturated heterocycles. The van der Waals surface area contributed by atoms with E-state index in [0.717, 1.165) is 41.6 Å². The van der Waals surface area contributed by atoms with Gasteiger partial charge in [0.05, 0.1) is 26.4 Å². The monoisotopic (exact) mass is 439 g/mol. The molecule has 0 saturated carbocycles. The number of aromatic nitrogens is 1. The molecule has 1 aliphatic rings. The molecule has 0 spiro atoms. The van der Waals surface area contributed by atoms with Crippen LogP contribution in [0.5, 0.6) is 0 Å². The summed E-state index contributed by atoms with van der Waals surface area (Å²) in [5.41, 5.74) is 9.49. The third-order valence-corrected chi connectivity index (χ3v) is 6.86. The van der Waals surface area contributed by atoms with Gasteiger partial charge >= 0.3 is 0 Å². The normalized spacial score (nSPS) is 14.0. The molecular weight excluding hydrogens is 425 g/mol. The maximum Gasteiger partial charge on any atom is 0.267 e. The number of benzene rings is 1. The molecule has 0 aliphatic heterocycles. The van der Waals surface area contributed by atoms with Crippen LogP contribution in [0.1, 0.15) is 40.2 Å². The van der Waals surface area contributed by atoms with Gasteiger partial charge in [0.25, 0.3) is 5.91 Å². The summed E-state index contributed by atoms with van der Waals surface area (Å²) in [6.45, 7) is 0. The highest BCUT2D eigenvalue weighted by atomic mass is 35.5. The van der Waals surface area contributed by atoms with E-state index in [9.17, 15) is 4.79 Å². The molecule has 4 nitrogen and oxygen atoms in total. The van der Waals surface area contributed by atoms with Crippen molar-refractivity contribution in [3.05, 3.63) is 49.4 Å². The Hall–Kier alpha value is -1.53. The molecule has 1 aromatic carbocycles. The number of amides is 1. The first kappa shape index (κ1) is 18.8. The van der Waals surface area contributed by atoms with Crippen LogP contribution < -0.4 is 11.1 Å². The summed E-state index contributed by atoms with van der Waals surface area (Å²) >= 11 is 19.4. The van der Waals surface area contributed by atoms with Gasteiger partial charge in [0, 0.05) is 11.1 Å². The number of carbonyl (C=O) groups excluding carboxylic acids is 1. The van der Waals surface area contributed by atoms with E-state index < -0.39 is 0 Å². The molecule has 0 bridgehead atoms. The number of hydrogen-bond donors (Lipinski definition) is 2. The fourth-order valence-electron chi connectivity index (χ4n) is 3.30. The number of thiophene rings is 1. The van der Waals surface area contributed by atoms with Crippen molar-refractivity contribution in [1.29, 1.82) is 0 Å². The quantitative estimate of drug-likeness (QED) is 0.360. The van der Waals surface area contributed by atoms with Crippen molar-refractivity contribution in [2.45, 2.75) is 32.1 Å². The summed E-state index contributed by atoms with van der Waals surface area (Å²) in [4.78, 5) is 18.8. The largest absolute Gasteiger partial charge is 0.397 e. The molecule has 3 N–H and O–H groups in total. The summed E-state index contributed by atoms with van der Waals surface area (Å²) in [6.07, 6.45) is 5.51. The van der Waals surface area contributed by atoms with Crippen LogP contribution >= 0.6 is 46.1 Å². The number of nitrogens with two attached hydrogens (primary N) is 1. The van der Waals surface area contributed by atoms with Crippen LogP contribution in [-0.2, 0) is 12.8 Å². The molecule has 2 heterocycles. The van der Waals surface area contributed by atoms with Gasteiger partial charge in [-0.25, -0.2) is 4.98 Å². The van der Waals surface area contributed by atoms with E-state index in [-0.39, 0.29) is 5.91 Å². The Bertz CT molecular complexity index is 1060. The predicted molar refractivity (Wildman–Crippen MR) is 115 cm³/mol. The highest BCUT2D eigenvalue weighted by molar-refractivity contribution is 7.21. The lowest BCUT2D eigenvalue weighted by Crippen LogP contribution is -2.12. The molecule has 0 fully saturated rings. The number of carbonyl (C=O) groups is 1. The minimum Gasteiger partial charge on any atom is -0.397 e. The highest BCUT2D eigenvalue weighted by Gasteiger charge is 2.21. The Labute approximate surface area is 175 Å². The molecule has 8 heteroatoms. The number of fused-ring (bicyclic) bond motifs is 2. The molecule has 0 radical (unpaired) electrons. The highest BCUT2D eigenvalue weighted by Crippen LogP contribution is 2.37. The molecular formula is C19H16Cl3N3OS. The number of nitrogens with zero attached hydrogens (tertiary/aromatic N) is 1. The van der Waals surface area contributed by atoms with E-state index in [2.05, 4.69) is 11.4 Å². The zero-order chi connectivity index (χ0) is 19.1. The average Bonchev–Trinajstić information content (AvgIpc) is 2.80. The first-order chi connectivity index (χ1) is 12.9. The van der Waals surface area contributed by atoms with E-state index in [4.69, 9.17) is 45.5 Å². The number of aryl methyl sites for hydroxylation is 2. The van der Waals surface area contributed by atoms with E-state index in [1.807, 2.05) is 0 Å². The Kier molecular flexibility index (Phi) is 5.21. The van der Waals surface area contributed by atoms with E-state index >= 15 is 0 Å². The minimum absolute atomic E-state index is 0.308. The van der Waals surface area contributed by atoms with Crippen LogP contribution in [0.4, 0.5) is 11.4 Å². The van der Waals surface area contributed by atoms with Gasteiger partial charge in [-0.2, -0.15) is 0 Å². The van der Waals surface area contributed by atoms with E-state index in [1.165, 1.54) is 35.5 Å². The van der Waals surface area contributed by atoms with Crippen molar-refractivity contribution in [3.8, 4) is 0 Å². The zero-order valence-corrected chi connectivity index (χ0v) is 17.3. The second kappa shape index (κ2) is 7.47. The second-order valence-electron chi connectivity index (χ2n) is 6.55. The van der Waals surface area contributed by atoms with Gasteiger partial charge in [0.2, 0.25) is 0 Å². The lowest BCUT2D eigenvalue weighted by molar-refractivity contribution is 0.103. The summed E-state index contributed by atoms with van der Waals surface area (Å²) in [7, 11) is 0. The summed E-state index contributed by atoms with van der Waals surface area (Å²) in [5, 5.41) is 4.55. The predicted octanol–water partition coefficient (Wildman–Crippen LogP) is 6.36. The number of hydrogen-bond acceptors (Lipinski definition) is 4. The third-order valence-electron chi connectivity index (χ3n) is 4.71. The van der Waals surface area contributed by atoms with Crippen molar-refractivity contribution in [3.63, 3.8) is 0 Å². The number of pyridine rings is 1. The van der Waals surface area contributed by atoms with Crippen LogP contribution in [0, 0.1) is 0 Å². The van der Waals surface area contributed by atoms with E-state index in [1.54, 1.807) is 0 Å². The molecule has 140 valence electrons. The van der Waals surface area contributed by atoms with Gasteiger partial charge < -0.3 is 11.1 Å². The molecule has 1 aliphatic carbocycles. The van der Waals surface area contributed by atoms with Gasteiger partial charge in [-0.3, -0.25) is 4.79 Å². The first-order valence-electron chi connectivity index (χ1n) is 8.60. The lowest BCUT2D eigenvalue weighted by Gasteiger charge is -2.08. The van der Waals surface area contributed by atoms with Gasteiger partial charge in [-0.05, 0) is 49.4 Å². The average molecular weight is 441 g/mol. The smallest absolute Gasteiger partial charge is 0.267 e. The molecule has 4 rings (SSSR count). The van der Waals surface area contributed by atoms with Crippen molar-refractivity contribution in [2.24, 2.45) is 0 Å². The van der Waals surface area contributed by atoms with E-state index in [0.29, 0.717) is 31.3 Å². The minimum atomic E-state index is -0.342. The second-order valence-corrected chi connectivity index (χ2v) is 8.77. The van der Waals surface area contributed by atoms with Crippen molar-refractivity contribution < 1.29 is 4.79 Å². The zero-order valence-electron chi connectivity index (χ0n) is 14.2. The Morgan fingerprint density at radius 2 is 1.78 bits per heavy atom. The molecule has 0 atom stereocenters. The first-order valence-corrected chi connectivity index (χ1v) is 10.6. The van der Waals surface area contributed by atoms with Crippen LogP contribution in [-0.4, -0.2) is 10.9 Å². The van der Waals surface area contributed by atoms with Crippen LogP contribution in [0.3, 0.4) is 0 Å². The van der Waals surface area contributed by atoms with Crippen LogP contribution in [0.25, 0.3) is 10.2 Å². The fourth-order valence-corrected chi connectivity index (χ4v) is 4.89. The molecule has 3 aromatic rings. The van der Waals surface area contributed by atoms with Crippen molar-refractivity contribution >= 4 is 73.6 Å². The van der Waals surface area contributed by atoms with Gasteiger partial charge in [0.15, 0.2) is 0 Å². The number of nitrogen functional groups attached to an aromatic ring is 1. The molecule has 1 amide bonds. The number of halogens is 3. The standard InChI is InChI=1S/C19H16Cl3N3OS/c20-11-7-13(22)15(8-12(11)21)24-18(26)17-16(23)10-6-9-4-2-1-3-5-14(9)25-19(10)27-17/h6-8H,1-5,23H2,(H,24,26). The summed E-state index contributed by atoms with van der Waals surface area (Å²) in [5.74, 6) is -0.342. The van der Waals surface area contributed by atoms with Crippen LogP contribution in [0.15, 0.2) is 18.2 Å². The van der Waals surface area contributed by atoms with Gasteiger partial charge in [-0.1, -0.05) is 41.2 Å². The SMILES string of the molecule is Nc1c(C(=O)Nc2cc(Cl)c(Cl)cc2Cl)sc2nc3c(cc12)CCCCC3. The Morgan fingerprint density at radius 3 is 2.59 bits per heavy atom. The number of nitrogens with one attached hydrogen (secondary N) is 1. The fraction of sp³-hybridized carbons (Fsp3) is 0.263. The third kappa shape index (κ3) is 3.61. The summed E-state index contributed by atoms with van der Waals surface area (Å²) < 4.78 is 0. The van der Waals surface area contributed by atoms with Crippen molar-refractivity contribution in [1.82, 2.24) is 4.98 Å². The van der Waals surface area contributed by atoms with Crippen LogP contribution in [0.2, 0.25) is 15.1 Å². The Morgan fingerprint density at radius 1 is 1.04 bits per heavy atom. The summed E-state index contributed by atoms with van der Waals surface area (Å²) in [6, 6.07) is 5.11.